The monoisotopic (exact) mass is 435 g/mol. The fourth-order valence-corrected chi connectivity index (χ4v) is 4.40. The highest BCUT2D eigenvalue weighted by molar-refractivity contribution is 7.22. The summed E-state index contributed by atoms with van der Waals surface area (Å²) >= 11 is 14.0. The molecule has 148 valence electrons. The molecule has 0 aliphatic carbocycles. The normalized spacial score (nSPS) is 11.4. The Kier molecular flexibility index (Phi) is 6.94. The van der Waals surface area contributed by atoms with Crippen molar-refractivity contribution in [3.05, 3.63) is 57.6 Å². The summed E-state index contributed by atoms with van der Waals surface area (Å²) in [7, 11) is 4.05. The highest BCUT2D eigenvalue weighted by atomic mass is 35.5. The maximum atomic E-state index is 13.2. The fourth-order valence-electron chi connectivity index (χ4n) is 2.98. The first kappa shape index (κ1) is 21.1. The van der Waals surface area contributed by atoms with Crippen LogP contribution < -0.4 is 4.90 Å². The Hall–Kier alpha value is -1.66. The third-order valence-corrected chi connectivity index (χ3v) is 6.38. The molecule has 0 atom stereocenters. The standard InChI is InChI=1S/C21H23Cl2N3OS/c1-14-16(22)9-10-18-20(14)24-21(28-18)26(12-6-11-25(2)3)19(27)13-15-7-4-5-8-17(15)23/h4-5,7-10H,6,11-13H2,1-3H3. The second-order valence-corrected chi connectivity index (χ2v) is 8.81. The maximum Gasteiger partial charge on any atom is 0.233 e. The predicted octanol–water partition coefficient (Wildman–Crippen LogP) is 5.44. The van der Waals surface area contributed by atoms with E-state index in [1.807, 2.05) is 57.4 Å². The minimum atomic E-state index is -0.00494. The van der Waals surface area contributed by atoms with Crippen LogP contribution in [0.1, 0.15) is 17.5 Å². The molecule has 0 aliphatic rings. The number of thiazole rings is 1. The molecular weight excluding hydrogens is 413 g/mol. The number of carbonyl (C=O) groups is 1. The molecule has 0 aliphatic heterocycles. The lowest BCUT2D eigenvalue weighted by atomic mass is 10.1. The number of aryl methyl sites for hydroxylation is 1. The Balaban J connectivity index is 1.91. The SMILES string of the molecule is Cc1c(Cl)ccc2sc(N(CCCN(C)C)C(=O)Cc3ccccc3Cl)nc12. The van der Waals surface area contributed by atoms with Crippen LogP contribution in [-0.2, 0) is 11.2 Å². The smallest absolute Gasteiger partial charge is 0.233 e. The number of nitrogens with zero attached hydrogens (tertiary/aromatic N) is 3. The molecule has 0 bridgehead atoms. The van der Waals surface area contributed by atoms with Gasteiger partial charge in [-0.15, -0.1) is 0 Å². The second kappa shape index (κ2) is 9.23. The van der Waals surface area contributed by atoms with Gasteiger partial charge in [0.2, 0.25) is 5.91 Å². The van der Waals surface area contributed by atoms with E-state index in [0.29, 0.717) is 21.7 Å². The highest BCUT2D eigenvalue weighted by Crippen LogP contribution is 2.34. The zero-order chi connectivity index (χ0) is 20.3. The van der Waals surface area contributed by atoms with Crippen LogP contribution in [0.3, 0.4) is 0 Å². The first-order valence-corrected chi connectivity index (χ1v) is 10.7. The average Bonchev–Trinajstić information content (AvgIpc) is 3.08. The number of aromatic nitrogens is 1. The van der Waals surface area contributed by atoms with Crippen molar-refractivity contribution in [1.82, 2.24) is 9.88 Å². The number of amides is 1. The van der Waals surface area contributed by atoms with E-state index >= 15 is 0 Å². The van der Waals surface area contributed by atoms with E-state index in [4.69, 9.17) is 28.2 Å². The minimum absolute atomic E-state index is 0.00494. The van der Waals surface area contributed by atoms with Gasteiger partial charge in [0, 0.05) is 16.6 Å². The summed E-state index contributed by atoms with van der Waals surface area (Å²) < 4.78 is 1.03. The summed E-state index contributed by atoms with van der Waals surface area (Å²) in [5.74, 6) is -0.00494. The van der Waals surface area contributed by atoms with Crippen LogP contribution in [0, 0.1) is 6.92 Å². The van der Waals surface area contributed by atoms with E-state index in [0.717, 1.165) is 34.3 Å². The third kappa shape index (κ3) is 4.84. The number of fused-ring (bicyclic) bond motifs is 1. The number of carbonyl (C=O) groups excluding carboxylic acids is 1. The van der Waals surface area contributed by atoms with Gasteiger partial charge in [0.1, 0.15) is 0 Å². The summed E-state index contributed by atoms with van der Waals surface area (Å²) in [4.78, 5) is 21.8. The van der Waals surface area contributed by atoms with Crippen LogP contribution in [0.2, 0.25) is 10.0 Å². The van der Waals surface area contributed by atoms with Crippen molar-refractivity contribution in [2.24, 2.45) is 0 Å². The van der Waals surface area contributed by atoms with Crippen molar-refractivity contribution in [2.75, 3.05) is 32.1 Å². The Bertz CT molecular complexity index is 987. The van der Waals surface area contributed by atoms with Crippen LogP contribution in [0.5, 0.6) is 0 Å². The maximum absolute atomic E-state index is 13.2. The number of rotatable bonds is 7. The molecular formula is C21H23Cl2N3OS. The summed E-state index contributed by atoms with van der Waals surface area (Å²) in [6.45, 7) is 3.45. The second-order valence-electron chi connectivity index (χ2n) is 6.99. The molecule has 3 aromatic rings. The predicted molar refractivity (Wildman–Crippen MR) is 120 cm³/mol. The Morgan fingerprint density at radius 1 is 1.07 bits per heavy atom. The number of hydrogen-bond donors (Lipinski definition) is 0. The van der Waals surface area contributed by atoms with E-state index in [1.54, 1.807) is 4.90 Å². The van der Waals surface area contributed by atoms with E-state index in [1.165, 1.54) is 11.3 Å². The number of halogens is 2. The lowest BCUT2D eigenvalue weighted by Gasteiger charge is -2.21. The van der Waals surface area contributed by atoms with Crippen molar-refractivity contribution >= 4 is 55.8 Å². The Morgan fingerprint density at radius 2 is 1.82 bits per heavy atom. The van der Waals surface area contributed by atoms with E-state index < -0.39 is 0 Å². The van der Waals surface area contributed by atoms with Crippen LogP contribution >= 0.6 is 34.5 Å². The van der Waals surface area contributed by atoms with Gasteiger partial charge in [-0.05, 0) is 63.3 Å². The molecule has 0 unspecified atom stereocenters. The van der Waals surface area contributed by atoms with Crippen LogP contribution in [0.4, 0.5) is 5.13 Å². The summed E-state index contributed by atoms with van der Waals surface area (Å²) in [5, 5.41) is 2.00. The van der Waals surface area contributed by atoms with Crippen molar-refractivity contribution in [1.29, 1.82) is 0 Å². The van der Waals surface area contributed by atoms with Gasteiger partial charge in [-0.25, -0.2) is 4.98 Å². The molecule has 0 N–H and O–H groups in total. The van der Waals surface area contributed by atoms with E-state index in [-0.39, 0.29) is 12.3 Å². The van der Waals surface area contributed by atoms with E-state index in [2.05, 4.69) is 4.90 Å². The third-order valence-electron chi connectivity index (χ3n) is 4.56. The summed E-state index contributed by atoms with van der Waals surface area (Å²) in [6, 6.07) is 11.3. The lowest BCUT2D eigenvalue weighted by Crippen LogP contribution is -2.34. The van der Waals surface area contributed by atoms with Gasteiger partial charge in [0.05, 0.1) is 16.6 Å². The van der Waals surface area contributed by atoms with Crippen molar-refractivity contribution in [2.45, 2.75) is 19.8 Å². The number of anilines is 1. The molecule has 2 aromatic carbocycles. The zero-order valence-corrected chi connectivity index (χ0v) is 18.5. The molecule has 0 radical (unpaired) electrons. The van der Waals surface area contributed by atoms with Gasteiger partial charge in [0.15, 0.2) is 5.13 Å². The topological polar surface area (TPSA) is 36.4 Å². The summed E-state index contributed by atoms with van der Waals surface area (Å²) in [5.41, 5.74) is 2.62. The van der Waals surface area contributed by atoms with Gasteiger partial charge in [-0.2, -0.15) is 0 Å². The first-order chi connectivity index (χ1) is 13.4. The molecule has 1 amide bonds. The molecule has 1 aromatic heterocycles. The molecule has 0 fully saturated rings. The largest absolute Gasteiger partial charge is 0.309 e. The molecule has 0 spiro atoms. The fraction of sp³-hybridized carbons (Fsp3) is 0.333. The minimum Gasteiger partial charge on any atom is -0.309 e. The quantitative estimate of drug-likeness (QED) is 0.495. The number of hydrogen-bond acceptors (Lipinski definition) is 4. The Morgan fingerprint density at radius 3 is 2.54 bits per heavy atom. The summed E-state index contributed by atoms with van der Waals surface area (Å²) in [6.07, 6.45) is 1.11. The molecule has 3 rings (SSSR count). The average molecular weight is 436 g/mol. The van der Waals surface area contributed by atoms with Gasteiger partial charge >= 0.3 is 0 Å². The molecule has 0 saturated carbocycles. The zero-order valence-electron chi connectivity index (χ0n) is 16.2. The Labute approximate surface area is 179 Å². The van der Waals surface area contributed by atoms with E-state index in [9.17, 15) is 4.79 Å². The van der Waals surface area contributed by atoms with Gasteiger partial charge < -0.3 is 4.90 Å². The molecule has 0 saturated heterocycles. The van der Waals surface area contributed by atoms with Gasteiger partial charge in [-0.3, -0.25) is 9.69 Å². The van der Waals surface area contributed by atoms with Crippen LogP contribution in [0.15, 0.2) is 36.4 Å². The molecule has 7 heteroatoms. The van der Waals surface area contributed by atoms with Gasteiger partial charge in [0.25, 0.3) is 0 Å². The van der Waals surface area contributed by atoms with Crippen LogP contribution in [0.25, 0.3) is 10.2 Å². The van der Waals surface area contributed by atoms with Crippen molar-refractivity contribution in [3.8, 4) is 0 Å². The highest BCUT2D eigenvalue weighted by Gasteiger charge is 2.21. The van der Waals surface area contributed by atoms with Gasteiger partial charge in [-0.1, -0.05) is 52.7 Å². The molecule has 1 heterocycles. The van der Waals surface area contributed by atoms with Crippen molar-refractivity contribution < 1.29 is 4.79 Å². The lowest BCUT2D eigenvalue weighted by molar-refractivity contribution is -0.118. The molecule has 28 heavy (non-hydrogen) atoms. The number of benzene rings is 2. The molecule has 4 nitrogen and oxygen atoms in total. The first-order valence-electron chi connectivity index (χ1n) is 9.11. The van der Waals surface area contributed by atoms with Crippen LogP contribution in [-0.4, -0.2) is 43.0 Å². The van der Waals surface area contributed by atoms with Crippen molar-refractivity contribution in [3.63, 3.8) is 0 Å².